The van der Waals surface area contributed by atoms with Crippen molar-refractivity contribution in [1.29, 1.82) is 0 Å². The van der Waals surface area contributed by atoms with E-state index in [1.54, 1.807) is 42.5 Å². The Morgan fingerprint density at radius 2 is 1.86 bits per heavy atom. The third-order valence-electron chi connectivity index (χ3n) is 2.84. The fourth-order valence-corrected chi connectivity index (χ4v) is 2.16. The van der Waals surface area contributed by atoms with Gasteiger partial charge in [0.25, 0.3) is 5.91 Å². The summed E-state index contributed by atoms with van der Waals surface area (Å²) >= 11 is 3.28. The summed E-state index contributed by atoms with van der Waals surface area (Å²) in [6.07, 6.45) is 0. The molecule has 0 aromatic heterocycles. The lowest BCUT2D eigenvalue weighted by atomic mass is 10.1. The molecule has 0 spiro atoms. The Kier molecular flexibility index (Phi) is 4.59. The monoisotopic (exact) mass is 348 g/mol. The second kappa shape index (κ2) is 6.41. The number of halogens is 1. The minimum Gasteiger partial charge on any atom is -0.465 e. The molecule has 0 saturated heterocycles. The number of hydrogen-bond acceptors (Lipinski definition) is 4. The van der Waals surface area contributed by atoms with Crippen molar-refractivity contribution in [2.24, 2.45) is 0 Å². The van der Waals surface area contributed by atoms with Crippen LogP contribution >= 0.6 is 15.9 Å². The van der Waals surface area contributed by atoms with Gasteiger partial charge in [-0.05, 0) is 30.3 Å². The molecule has 3 N–H and O–H groups in total. The van der Waals surface area contributed by atoms with E-state index < -0.39 is 5.97 Å². The number of nitrogens with two attached hydrogens (primary N) is 1. The highest BCUT2D eigenvalue weighted by atomic mass is 79.9. The number of rotatable bonds is 3. The van der Waals surface area contributed by atoms with Crippen molar-refractivity contribution in [3.8, 4) is 0 Å². The molecule has 0 aliphatic rings. The first-order valence-electron chi connectivity index (χ1n) is 6.06. The Morgan fingerprint density at radius 3 is 2.52 bits per heavy atom. The summed E-state index contributed by atoms with van der Waals surface area (Å²) in [6, 6.07) is 11.6. The number of amides is 1. The van der Waals surface area contributed by atoms with Crippen LogP contribution in [-0.2, 0) is 4.74 Å². The number of esters is 1. The molecule has 0 aliphatic carbocycles. The van der Waals surface area contributed by atoms with E-state index in [0.29, 0.717) is 21.4 Å². The maximum atomic E-state index is 12.2. The lowest BCUT2D eigenvalue weighted by molar-refractivity contribution is 0.0602. The van der Waals surface area contributed by atoms with Gasteiger partial charge in [-0.15, -0.1) is 0 Å². The largest absolute Gasteiger partial charge is 0.465 e. The minimum atomic E-state index is -0.535. The quantitative estimate of drug-likeness (QED) is 0.659. The number of nitrogens with one attached hydrogen (secondary N) is 1. The number of ether oxygens (including phenoxy) is 1. The van der Waals surface area contributed by atoms with Crippen molar-refractivity contribution in [3.63, 3.8) is 0 Å². The van der Waals surface area contributed by atoms with Gasteiger partial charge in [-0.1, -0.05) is 28.1 Å². The van der Waals surface area contributed by atoms with Crippen LogP contribution in [0.2, 0.25) is 0 Å². The summed E-state index contributed by atoms with van der Waals surface area (Å²) in [7, 11) is 1.28. The maximum absolute atomic E-state index is 12.2. The molecule has 0 radical (unpaired) electrons. The van der Waals surface area contributed by atoms with Gasteiger partial charge in [-0.2, -0.15) is 0 Å². The van der Waals surface area contributed by atoms with Crippen LogP contribution in [0.3, 0.4) is 0 Å². The van der Waals surface area contributed by atoms with Crippen LogP contribution in [0.4, 0.5) is 11.4 Å². The number of methoxy groups -OCH3 is 1. The fourth-order valence-electron chi connectivity index (χ4n) is 1.80. The molecule has 6 heteroatoms. The fraction of sp³-hybridized carbons (Fsp3) is 0.0667. The van der Waals surface area contributed by atoms with Crippen LogP contribution in [0.25, 0.3) is 0 Å². The second-order valence-corrected chi connectivity index (χ2v) is 5.14. The van der Waals surface area contributed by atoms with Crippen LogP contribution in [0.1, 0.15) is 20.7 Å². The van der Waals surface area contributed by atoms with E-state index in [1.165, 1.54) is 7.11 Å². The van der Waals surface area contributed by atoms with Crippen LogP contribution in [0, 0.1) is 0 Å². The lowest BCUT2D eigenvalue weighted by Crippen LogP contribution is -2.16. The Hall–Kier alpha value is -2.34. The van der Waals surface area contributed by atoms with E-state index in [0.717, 1.165) is 0 Å². The number of nitrogen functional groups attached to an aromatic ring is 1. The summed E-state index contributed by atoms with van der Waals surface area (Å²) in [6.45, 7) is 0. The number of carbonyl (C=O) groups is 2. The molecule has 2 aromatic carbocycles. The van der Waals surface area contributed by atoms with Crippen LogP contribution < -0.4 is 11.1 Å². The van der Waals surface area contributed by atoms with Crippen molar-refractivity contribution in [2.75, 3.05) is 18.2 Å². The zero-order valence-corrected chi connectivity index (χ0v) is 12.8. The molecule has 21 heavy (non-hydrogen) atoms. The van der Waals surface area contributed by atoms with Gasteiger partial charge in [0.15, 0.2) is 0 Å². The third kappa shape index (κ3) is 3.41. The van der Waals surface area contributed by atoms with E-state index in [-0.39, 0.29) is 11.5 Å². The standard InChI is InChI=1S/C15H13BrN2O3/c1-21-15(20)11-8-9(16)6-7-13(11)18-14(19)10-4-2-3-5-12(10)17/h2-8H,17H2,1H3,(H,18,19). The highest BCUT2D eigenvalue weighted by Gasteiger charge is 2.16. The number of anilines is 2. The Morgan fingerprint density at radius 1 is 1.14 bits per heavy atom. The molecule has 0 fully saturated rings. The van der Waals surface area contributed by atoms with Gasteiger partial charge in [-0.3, -0.25) is 4.79 Å². The number of benzene rings is 2. The molecule has 0 atom stereocenters. The number of para-hydroxylation sites is 1. The molecule has 108 valence electrons. The van der Waals surface area contributed by atoms with Crippen molar-refractivity contribution in [2.45, 2.75) is 0 Å². The third-order valence-corrected chi connectivity index (χ3v) is 3.33. The average Bonchev–Trinajstić information content (AvgIpc) is 2.48. The van der Waals surface area contributed by atoms with E-state index in [1.807, 2.05) is 0 Å². The van der Waals surface area contributed by atoms with Crippen LogP contribution in [0.15, 0.2) is 46.9 Å². The van der Waals surface area contributed by atoms with Crippen LogP contribution in [-0.4, -0.2) is 19.0 Å². The van der Waals surface area contributed by atoms with Gasteiger partial charge < -0.3 is 15.8 Å². The molecule has 1 amide bonds. The second-order valence-electron chi connectivity index (χ2n) is 4.22. The lowest BCUT2D eigenvalue weighted by Gasteiger charge is -2.11. The van der Waals surface area contributed by atoms with Gasteiger partial charge in [0, 0.05) is 10.2 Å². The smallest absolute Gasteiger partial charge is 0.340 e. The van der Waals surface area contributed by atoms with Crippen molar-refractivity contribution in [3.05, 3.63) is 58.1 Å². The number of hydrogen-bond donors (Lipinski definition) is 2. The van der Waals surface area contributed by atoms with E-state index in [2.05, 4.69) is 21.2 Å². The van der Waals surface area contributed by atoms with Crippen molar-refractivity contribution < 1.29 is 14.3 Å². The Labute approximate surface area is 130 Å². The number of carbonyl (C=O) groups excluding carboxylic acids is 2. The van der Waals surface area contributed by atoms with Crippen LogP contribution in [0.5, 0.6) is 0 Å². The molecule has 2 aromatic rings. The SMILES string of the molecule is COC(=O)c1cc(Br)ccc1NC(=O)c1ccccc1N. The van der Waals surface area contributed by atoms with E-state index in [4.69, 9.17) is 10.5 Å². The molecular formula is C15H13BrN2O3. The molecule has 0 unspecified atom stereocenters. The topological polar surface area (TPSA) is 81.4 Å². The Balaban J connectivity index is 2.34. The predicted octanol–water partition coefficient (Wildman–Crippen LogP) is 3.07. The Bertz CT molecular complexity index is 701. The summed E-state index contributed by atoms with van der Waals surface area (Å²) < 4.78 is 5.42. The van der Waals surface area contributed by atoms with Gasteiger partial charge >= 0.3 is 5.97 Å². The first-order valence-corrected chi connectivity index (χ1v) is 6.86. The van der Waals surface area contributed by atoms with Gasteiger partial charge in [0.05, 0.1) is 23.9 Å². The molecule has 0 bridgehead atoms. The summed E-state index contributed by atoms with van der Waals surface area (Å²) in [5, 5.41) is 2.67. The summed E-state index contributed by atoms with van der Waals surface area (Å²) in [5.41, 5.74) is 7.09. The predicted molar refractivity (Wildman–Crippen MR) is 84.3 cm³/mol. The van der Waals surface area contributed by atoms with Crippen molar-refractivity contribution in [1.82, 2.24) is 0 Å². The molecule has 0 saturated carbocycles. The van der Waals surface area contributed by atoms with E-state index in [9.17, 15) is 9.59 Å². The highest BCUT2D eigenvalue weighted by Crippen LogP contribution is 2.23. The van der Waals surface area contributed by atoms with E-state index >= 15 is 0 Å². The highest BCUT2D eigenvalue weighted by molar-refractivity contribution is 9.10. The normalized spacial score (nSPS) is 10.0. The molecular weight excluding hydrogens is 336 g/mol. The summed E-state index contributed by atoms with van der Waals surface area (Å²) in [4.78, 5) is 24.0. The van der Waals surface area contributed by atoms with Gasteiger partial charge in [-0.25, -0.2) is 4.79 Å². The maximum Gasteiger partial charge on any atom is 0.340 e. The zero-order chi connectivity index (χ0) is 15.4. The molecule has 5 nitrogen and oxygen atoms in total. The zero-order valence-electron chi connectivity index (χ0n) is 11.2. The van der Waals surface area contributed by atoms with Crippen molar-refractivity contribution >= 4 is 39.2 Å². The first kappa shape index (κ1) is 15.1. The average molecular weight is 349 g/mol. The first-order chi connectivity index (χ1) is 10.0. The molecule has 2 rings (SSSR count). The minimum absolute atomic E-state index is 0.259. The van der Waals surface area contributed by atoms with Gasteiger partial charge in [0.1, 0.15) is 0 Å². The molecule has 0 heterocycles. The van der Waals surface area contributed by atoms with Gasteiger partial charge in [0.2, 0.25) is 0 Å². The summed E-state index contributed by atoms with van der Waals surface area (Å²) in [5.74, 6) is -0.923. The molecule has 0 aliphatic heterocycles.